The molecule has 16 heavy (non-hydrogen) atoms. The summed E-state index contributed by atoms with van der Waals surface area (Å²) in [7, 11) is -2.46. The highest BCUT2D eigenvalue weighted by atomic mass is 32.2. The van der Waals surface area contributed by atoms with Crippen molar-refractivity contribution in [3.05, 3.63) is 29.6 Å². The molecule has 0 aliphatic rings. The summed E-state index contributed by atoms with van der Waals surface area (Å²) in [6.07, 6.45) is 0.906. The van der Waals surface area contributed by atoms with Crippen LogP contribution in [-0.2, 0) is 10.0 Å². The van der Waals surface area contributed by atoms with Crippen LogP contribution in [0.5, 0.6) is 0 Å². The molecule has 1 aromatic carbocycles. The van der Waals surface area contributed by atoms with Crippen molar-refractivity contribution in [1.29, 1.82) is 0 Å². The number of rotatable bonds is 3. The topological polar surface area (TPSA) is 74.7 Å². The fourth-order valence-corrected chi connectivity index (χ4v) is 1.67. The predicted molar refractivity (Wildman–Crippen MR) is 56.6 cm³/mol. The zero-order valence-corrected chi connectivity index (χ0v) is 9.45. The fraction of sp³-hybridized carbons (Fsp3) is 0.222. The molecule has 0 atom stereocenters. The van der Waals surface area contributed by atoms with Gasteiger partial charge in [-0.15, -0.1) is 0 Å². The molecule has 0 radical (unpaired) electrons. The van der Waals surface area contributed by atoms with Crippen LogP contribution in [0.15, 0.2) is 18.2 Å². The van der Waals surface area contributed by atoms with Gasteiger partial charge in [0.25, 0.3) is 0 Å². The summed E-state index contributed by atoms with van der Waals surface area (Å²) in [6.45, 7) is 0. The Labute approximate surface area is 92.2 Å². The number of benzene rings is 1. The second-order valence-electron chi connectivity index (χ2n) is 3.17. The van der Waals surface area contributed by atoms with Crippen LogP contribution in [0.25, 0.3) is 0 Å². The van der Waals surface area contributed by atoms with E-state index in [0.29, 0.717) is 0 Å². The van der Waals surface area contributed by atoms with Gasteiger partial charge >= 0.3 is 5.97 Å². The highest BCUT2D eigenvalue weighted by molar-refractivity contribution is 7.92. The second kappa shape index (κ2) is 4.09. The molecular weight excluding hydrogens is 237 g/mol. The van der Waals surface area contributed by atoms with Crippen molar-refractivity contribution in [1.82, 2.24) is 0 Å². The number of carboxylic acid groups (broad SMARTS) is 1. The van der Waals surface area contributed by atoms with Crippen molar-refractivity contribution in [3.63, 3.8) is 0 Å². The first-order valence-electron chi connectivity index (χ1n) is 4.21. The Morgan fingerprint density at radius 3 is 2.44 bits per heavy atom. The van der Waals surface area contributed by atoms with Crippen molar-refractivity contribution >= 4 is 21.7 Å². The van der Waals surface area contributed by atoms with Crippen LogP contribution in [0, 0.1) is 5.82 Å². The number of anilines is 1. The first-order valence-corrected chi connectivity index (χ1v) is 6.05. The Morgan fingerprint density at radius 1 is 1.44 bits per heavy atom. The average molecular weight is 247 g/mol. The van der Waals surface area contributed by atoms with Crippen molar-refractivity contribution in [2.45, 2.75) is 0 Å². The molecule has 0 aliphatic carbocycles. The van der Waals surface area contributed by atoms with Gasteiger partial charge in [0.15, 0.2) is 0 Å². The number of carboxylic acids is 1. The molecule has 7 heteroatoms. The Hall–Kier alpha value is -1.63. The first kappa shape index (κ1) is 12.4. The Balaban J connectivity index is 3.46. The second-order valence-corrected chi connectivity index (χ2v) is 5.18. The van der Waals surface area contributed by atoms with E-state index in [4.69, 9.17) is 5.11 Å². The van der Waals surface area contributed by atoms with E-state index in [0.717, 1.165) is 23.7 Å². The van der Waals surface area contributed by atoms with E-state index in [2.05, 4.69) is 0 Å². The van der Waals surface area contributed by atoms with E-state index < -0.39 is 27.4 Å². The predicted octanol–water partition coefficient (Wildman–Crippen LogP) is 0.920. The minimum Gasteiger partial charge on any atom is -0.478 e. The van der Waals surface area contributed by atoms with E-state index in [1.807, 2.05) is 0 Å². The molecule has 5 nitrogen and oxygen atoms in total. The molecule has 0 aromatic heterocycles. The Kier molecular flexibility index (Phi) is 3.18. The minimum atomic E-state index is -3.63. The lowest BCUT2D eigenvalue weighted by atomic mass is 10.1. The van der Waals surface area contributed by atoms with Crippen LogP contribution in [0.3, 0.4) is 0 Å². The number of carbonyl (C=O) groups is 1. The van der Waals surface area contributed by atoms with Crippen LogP contribution in [0.2, 0.25) is 0 Å². The highest BCUT2D eigenvalue weighted by Crippen LogP contribution is 2.23. The van der Waals surface area contributed by atoms with Crippen LogP contribution in [-0.4, -0.2) is 32.8 Å². The molecule has 0 heterocycles. The number of aromatic carboxylic acids is 1. The standard InChI is InChI=1S/C9H10FNO4S/c1-11(16(2,14)15)7-5-3-4-6(10)8(7)9(12)13/h3-5H,1-2H3,(H,12,13). The van der Waals surface area contributed by atoms with Crippen molar-refractivity contribution in [2.24, 2.45) is 0 Å². The number of nitrogens with zero attached hydrogens (tertiary/aromatic N) is 1. The molecule has 0 saturated heterocycles. The molecule has 0 saturated carbocycles. The molecule has 0 unspecified atom stereocenters. The Bertz CT molecular complexity index is 526. The lowest BCUT2D eigenvalue weighted by Crippen LogP contribution is -2.27. The maximum Gasteiger partial charge on any atom is 0.340 e. The smallest absolute Gasteiger partial charge is 0.340 e. The van der Waals surface area contributed by atoms with Gasteiger partial charge in [-0.3, -0.25) is 4.31 Å². The lowest BCUT2D eigenvalue weighted by Gasteiger charge is -2.18. The summed E-state index contributed by atoms with van der Waals surface area (Å²) < 4.78 is 36.4. The Morgan fingerprint density at radius 2 is 2.00 bits per heavy atom. The van der Waals surface area contributed by atoms with Crippen molar-refractivity contribution < 1.29 is 22.7 Å². The van der Waals surface area contributed by atoms with Crippen LogP contribution < -0.4 is 4.31 Å². The largest absolute Gasteiger partial charge is 0.478 e. The van der Waals surface area contributed by atoms with Crippen molar-refractivity contribution in [3.8, 4) is 0 Å². The minimum absolute atomic E-state index is 0.199. The SMILES string of the molecule is CN(c1cccc(F)c1C(=O)O)S(C)(=O)=O. The monoisotopic (exact) mass is 247 g/mol. The van der Waals surface area contributed by atoms with Gasteiger partial charge in [0, 0.05) is 7.05 Å². The van der Waals surface area contributed by atoms with Gasteiger partial charge in [-0.25, -0.2) is 17.6 Å². The third kappa shape index (κ3) is 2.30. The van der Waals surface area contributed by atoms with E-state index in [1.54, 1.807) is 0 Å². The van der Waals surface area contributed by atoms with Gasteiger partial charge in [-0.1, -0.05) is 6.07 Å². The van der Waals surface area contributed by atoms with Gasteiger partial charge in [-0.05, 0) is 12.1 Å². The highest BCUT2D eigenvalue weighted by Gasteiger charge is 2.22. The summed E-state index contributed by atoms with van der Waals surface area (Å²) >= 11 is 0. The first-order chi connectivity index (χ1) is 7.25. The molecule has 1 rings (SSSR count). The molecule has 1 aromatic rings. The summed E-state index contributed by atoms with van der Waals surface area (Å²) in [5.74, 6) is -2.48. The number of sulfonamides is 1. The van der Waals surface area contributed by atoms with E-state index in [-0.39, 0.29) is 5.69 Å². The summed E-state index contributed by atoms with van der Waals surface area (Å²) in [5.41, 5.74) is -0.856. The molecule has 0 fully saturated rings. The van der Waals surface area contributed by atoms with Crippen LogP contribution >= 0.6 is 0 Å². The maximum absolute atomic E-state index is 13.2. The zero-order chi connectivity index (χ0) is 12.5. The lowest BCUT2D eigenvalue weighted by molar-refractivity contribution is 0.0693. The van der Waals surface area contributed by atoms with Gasteiger partial charge in [0.1, 0.15) is 11.4 Å². The molecule has 88 valence electrons. The van der Waals surface area contributed by atoms with Gasteiger partial charge < -0.3 is 5.11 Å². The van der Waals surface area contributed by atoms with Crippen LogP contribution in [0.1, 0.15) is 10.4 Å². The molecule has 0 aliphatic heterocycles. The zero-order valence-electron chi connectivity index (χ0n) is 8.64. The molecule has 1 N–H and O–H groups in total. The van der Waals surface area contributed by atoms with Crippen LogP contribution in [0.4, 0.5) is 10.1 Å². The number of hydrogen-bond donors (Lipinski definition) is 1. The maximum atomic E-state index is 13.2. The van der Waals surface area contributed by atoms with Gasteiger partial charge in [0.05, 0.1) is 11.9 Å². The van der Waals surface area contributed by atoms with Gasteiger partial charge in [0.2, 0.25) is 10.0 Å². The summed E-state index contributed by atoms with van der Waals surface area (Å²) in [5, 5.41) is 8.80. The molecule has 0 bridgehead atoms. The average Bonchev–Trinajstić information content (AvgIpc) is 2.14. The number of halogens is 1. The summed E-state index contributed by atoms with van der Waals surface area (Å²) in [4.78, 5) is 10.8. The van der Waals surface area contributed by atoms with Gasteiger partial charge in [-0.2, -0.15) is 0 Å². The molecule has 0 amide bonds. The summed E-state index contributed by atoms with van der Waals surface area (Å²) in [6, 6.07) is 3.44. The fourth-order valence-electron chi connectivity index (χ4n) is 1.17. The van der Waals surface area contributed by atoms with Crippen molar-refractivity contribution in [2.75, 3.05) is 17.6 Å². The van der Waals surface area contributed by atoms with E-state index in [1.165, 1.54) is 12.1 Å². The molecule has 0 spiro atoms. The normalized spacial score (nSPS) is 11.2. The third-order valence-corrected chi connectivity index (χ3v) is 3.23. The molecular formula is C9H10FNO4S. The quantitative estimate of drug-likeness (QED) is 0.861. The third-order valence-electron chi connectivity index (χ3n) is 2.04. The van der Waals surface area contributed by atoms with E-state index >= 15 is 0 Å². The number of hydrogen-bond acceptors (Lipinski definition) is 3. The van der Waals surface area contributed by atoms with E-state index in [9.17, 15) is 17.6 Å².